The van der Waals surface area contributed by atoms with E-state index >= 15 is 0 Å². The maximum absolute atomic E-state index is 10.7. The zero-order chi connectivity index (χ0) is 15.5. The van der Waals surface area contributed by atoms with Crippen LogP contribution in [0.15, 0.2) is 36.4 Å². The molecule has 0 saturated carbocycles. The fraction of sp³-hybridized carbons (Fsp3) is 0.357. The van der Waals surface area contributed by atoms with Gasteiger partial charge in [-0.2, -0.15) is 0 Å². The van der Waals surface area contributed by atoms with Crippen LogP contribution in [0.5, 0.6) is 0 Å². The number of ether oxygens (including phenoxy) is 1. The van der Waals surface area contributed by atoms with Crippen LogP contribution in [0, 0.1) is 10.1 Å². The Hall–Kier alpha value is -2.09. The van der Waals surface area contributed by atoms with Crippen LogP contribution in [0.2, 0.25) is 0 Å². The summed E-state index contributed by atoms with van der Waals surface area (Å²) in [6.07, 6.45) is 1.35. The van der Waals surface area contributed by atoms with Gasteiger partial charge in [0.05, 0.1) is 17.6 Å². The number of hydrogen-bond donors (Lipinski definition) is 2. The Kier molecular flexibility index (Phi) is 4.46. The first-order valence-corrected chi connectivity index (χ1v) is 6.34. The summed E-state index contributed by atoms with van der Waals surface area (Å²) in [7, 11) is 0. The van der Waals surface area contributed by atoms with Crippen molar-refractivity contribution in [3.8, 4) is 0 Å². The summed E-state index contributed by atoms with van der Waals surface area (Å²) in [6.45, 7) is 0.156. The fourth-order valence-corrected chi connectivity index (χ4v) is 2.07. The first-order valence-electron chi connectivity index (χ1n) is 6.34. The summed E-state index contributed by atoms with van der Waals surface area (Å²) in [5.74, 6) is 0. The van der Waals surface area contributed by atoms with E-state index in [1.807, 2.05) is 0 Å². The second kappa shape index (κ2) is 6.13. The van der Waals surface area contributed by atoms with E-state index in [-0.39, 0.29) is 18.7 Å². The van der Waals surface area contributed by atoms with Crippen molar-refractivity contribution in [1.82, 2.24) is 0 Å². The number of aliphatic hydroxyl groups is 2. The molecule has 0 fully saturated rings. The molecule has 1 aromatic rings. The van der Waals surface area contributed by atoms with Gasteiger partial charge in [0.25, 0.3) is 5.69 Å². The molecule has 0 spiro atoms. The number of aliphatic hydroxyl groups excluding tert-OH is 1. The molecule has 1 aliphatic carbocycles. The molecule has 0 aliphatic heterocycles. The summed E-state index contributed by atoms with van der Waals surface area (Å²) in [5.41, 5.74) is -0.933. The van der Waals surface area contributed by atoms with E-state index in [0.29, 0.717) is 6.29 Å². The van der Waals surface area contributed by atoms with Crippen molar-refractivity contribution in [1.29, 1.82) is 0 Å². The van der Waals surface area contributed by atoms with Crippen LogP contribution in [-0.2, 0) is 16.1 Å². The highest BCUT2D eigenvalue weighted by Gasteiger charge is 2.34. The highest BCUT2D eigenvalue weighted by Crippen LogP contribution is 2.23. The fourth-order valence-electron chi connectivity index (χ4n) is 2.07. The van der Waals surface area contributed by atoms with Crippen LogP contribution in [0.4, 0.5) is 5.69 Å². The molecule has 0 amide bonds. The Morgan fingerprint density at radius 1 is 1.43 bits per heavy atom. The third-order valence-corrected chi connectivity index (χ3v) is 3.28. The van der Waals surface area contributed by atoms with Crippen molar-refractivity contribution < 1.29 is 24.7 Å². The van der Waals surface area contributed by atoms with Gasteiger partial charge < -0.3 is 14.9 Å². The predicted molar refractivity (Wildman–Crippen MR) is 72.5 cm³/mol. The maximum atomic E-state index is 10.7. The van der Waals surface area contributed by atoms with Gasteiger partial charge in [-0.3, -0.25) is 14.9 Å². The first-order chi connectivity index (χ1) is 9.93. The number of carbonyl (C=O) groups is 1. The molecule has 0 aromatic heterocycles. The molecule has 3 atom stereocenters. The van der Waals surface area contributed by atoms with Gasteiger partial charge in [0.2, 0.25) is 0 Å². The molecule has 0 saturated heterocycles. The molecule has 0 bridgehead atoms. The van der Waals surface area contributed by atoms with Crippen LogP contribution in [0.25, 0.3) is 0 Å². The summed E-state index contributed by atoms with van der Waals surface area (Å²) in [4.78, 5) is 20.7. The predicted octanol–water partition coefficient (Wildman–Crippen LogP) is 0.731. The molecule has 1 unspecified atom stereocenters. The molecule has 7 nitrogen and oxygen atoms in total. The van der Waals surface area contributed by atoms with Crippen molar-refractivity contribution in [3.05, 3.63) is 52.1 Å². The van der Waals surface area contributed by atoms with Crippen LogP contribution < -0.4 is 0 Å². The molecule has 112 valence electrons. The number of nitrogens with zero attached hydrogens (tertiary/aromatic N) is 1. The molecular formula is C14H15NO6. The minimum absolute atomic E-state index is 0.00704. The molecular weight excluding hydrogens is 278 g/mol. The van der Waals surface area contributed by atoms with E-state index < -0.39 is 22.7 Å². The van der Waals surface area contributed by atoms with Gasteiger partial charge in [0.15, 0.2) is 6.29 Å². The van der Waals surface area contributed by atoms with Gasteiger partial charge in [-0.05, 0) is 23.8 Å². The zero-order valence-corrected chi connectivity index (χ0v) is 11.1. The number of rotatable bonds is 5. The van der Waals surface area contributed by atoms with Crippen molar-refractivity contribution in [2.75, 3.05) is 0 Å². The Morgan fingerprint density at radius 2 is 2.10 bits per heavy atom. The lowest BCUT2D eigenvalue weighted by molar-refractivity contribution is -0.384. The van der Waals surface area contributed by atoms with Crippen LogP contribution in [0.1, 0.15) is 12.0 Å². The van der Waals surface area contributed by atoms with Crippen molar-refractivity contribution in [2.45, 2.75) is 30.8 Å². The number of nitro groups is 1. The first kappa shape index (κ1) is 15.3. The maximum Gasteiger partial charge on any atom is 0.269 e. The summed E-state index contributed by atoms with van der Waals surface area (Å²) in [5, 5.41) is 30.1. The third-order valence-electron chi connectivity index (χ3n) is 3.28. The zero-order valence-electron chi connectivity index (χ0n) is 11.1. The summed E-state index contributed by atoms with van der Waals surface area (Å²) < 4.78 is 5.49. The average Bonchev–Trinajstić information content (AvgIpc) is 2.47. The molecule has 0 heterocycles. The van der Waals surface area contributed by atoms with Gasteiger partial charge in [-0.15, -0.1) is 0 Å². The Labute approximate surface area is 120 Å². The van der Waals surface area contributed by atoms with E-state index in [4.69, 9.17) is 4.74 Å². The third kappa shape index (κ3) is 3.72. The summed E-state index contributed by atoms with van der Waals surface area (Å²) >= 11 is 0. The van der Waals surface area contributed by atoms with E-state index in [1.54, 1.807) is 12.1 Å². The Morgan fingerprint density at radius 3 is 2.62 bits per heavy atom. The Balaban J connectivity index is 1.95. The summed E-state index contributed by atoms with van der Waals surface area (Å²) in [6, 6.07) is 5.88. The topological polar surface area (TPSA) is 110 Å². The molecule has 2 rings (SSSR count). The average molecular weight is 293 g/mol. The lowest BCUT2D eigenvalue weighted by Gasteiger charge is -2.30. The van der Waals surface area contributed by atoms with E-state index in [9.17, 15) is 25.1 Å². The number of non-ortho nitro benzene ring substituents is 1. The van der Waals surface area contributed by atoms with Crippen LogP contribution >= 0.6 is 0 Å². The largest absolute Gasteiger partial charge is 0.390 e. The Bertz CT molecular complexity index is 555. The molecule has 0 radical (unpaired) electrons. The van der Waals surface area contributed by atoms with Gasteiger partial charge in [0, 0.05) is 18.6 Å². The standard InChI is InChI=1S/C14H15NO6/c16-9-14(18)6-5-13(12(17)7-14)21-8-10-1-3-11(4-2-10)15(19)20/h1-6,9,12-13,17-18H,7-8H2/t12?,13-,14+/m1/s1. The minimum atomic E-state index is -1.65. The number of benzene rings is 1. The normalized spacial score (nSPS) is 28.3. The van der Waals surface area contributed by atoms with Gasteiger partial charge in [-0.25, -0.2) is 0 Å². The number of carbonyl (C=O) groups excluding carboxylic acids is 1. The molecule has 2 N–H and O–H groups in total. The molecule has 7 heteroatoms. The highest BCUT2D eigenvalue weighted by molar-refractivity contribution is 5.66. The van der Waals surface area contributed by atoms with E-state index in [0.717, 1.165) is 5.56 Å². The second-order valence-corrected chi connectivity index (χ2v) is 4.94. The quantitative estimate of drug-likeness (QED) is 0.358. The lowest BCUT2D eigenvalue weighted by Crippen LogP contribution is -2.42. The highest BCUT2D eigenvalue weighted by atomic mass is 16.6. The monoisotopic (exact) mass is 293 g/mol. The van der Waals surface area contributed by atoms with Crippen LogP contribution in [0.3, 0.4) is 0 Å². The number of aldehydes is 1. The van der Waals surface area contributed by atoms with Crippen LogP contribution in [-0.4, -0.2) is 39.2 Å². The second-order valence-electron chi connectivity index (χ2n) is 4.94. The minimum Gasteiger partial charge on any atom is -0.390 e. The van der Waals surface area contributed by atoms with Crippen molar-refractivity contribution in [3.63, 3.8) is 0 Å². The van der Waals surface area contributed by atoms with Crippen molar-refractivity contribution >= 4 is 12.0 Å². The lowest BCUT2D eigenvalue weighted by atomic mass is 9.89. The van der Waals surface area contributed by atoms with Gasteiger partial charge in [-0.1, -0.05) is 6.08 Å². The number of nitro benzene ring substituents is 1. The van der Waals surface area contributed by atoms with Gasteiger partial charge in [0.1, 0.15) is 11.7 Å². The molecule has 1 aromatic carbocycles. The van der Waals surface area contributed by atoms with Crippen molar-refractivity contribution in [2.24, 2.45) is 0 Å². The number of hydrogen-bond acceptors (Lipinski definition) is 6. The molecule has 21 heavy (non-hydrogen) atoms. The van der Waals surface area contributed by atoms with Gasteiger partial charge >= 0.3 is 0 Å². The van der Waals surface area contributed by atoms with E-state index in [2.05, 4.69) is 0 Å². The smallest absolute Gasteiger partial charge is 0.269 e. The van der Waals surface area contributed by atoms with E-state index in [1.165, 1.54) is 24.3 Å². The SMILES string of the molecule is O=C[C@]1(O)C=C[C@@H](OCc2ccc([N+](=O)[O-])cc2)C(O)C1. The molecule has 1 aliphatic rings.